The van der Waals surface area contributed by atoms with Crippen LogP contribution in [-0.4, -0.2) is 52.7 Å². The van der Waals surface area contributed by atoms with E-state index in [2.05, 4.69) is 29.7 Å². The largest absolute Gasteiger partial charge is 0.348 e. The maximum Gasteiger partial charge on any atom is 0.250 e. The maximum atomic E-state index is 13.7. The zero-order valence-electron chi connectivity index (χ0n) is 20.5. The number of fused-ring (bicyclic) bond motifs is 1. The van der Waals surface area contributed by atoms with E-state index < -0.39 is 12.1 Å². The van der Waals surface area contributed by atoms with Crippen LogP contribution in [0.15, 0.2) is 35.3 Å². The standard InChI is InChI=1S/C27H34N4O3S/c1-3-16(2)13-23(32)29-20-12-11-17-7-6-8-18-14-21(31(25(17)18)27(20)34)26(33)28-15-24-30-19-9-4-5-10-22(19)35-24/h4,6-9,16,19-22H,3,5,10-15H2,1-2H3,(H,28,33)(H,29,32). The molecule has 1 aromatic rings. The van der Waals surface area contributed by atoms with E-state index in [1.54, 1.807) is 16.7 Å². The first-order valence-corrected chi connectivity index (χ1v) is 13.7. The van der Waals surface area contributed by atoms with Crippen molar-refractivity contribution >= 4 is 40.2 Å². The number of aliphatic imine (C=N–C) groups is 1. The highest BCUT2D eigenvalue weighted by Gasteiger charge is 2.44. The Balaban J connectivity index is 1.30. The average Bonchev–Trinajstić information content (AvgIpc) is 3.42. The molecular formula is C27H34N4O3S. The summed E-state index contributed by atoms with van der Waals surface area (Å²) >= 11 is 1.76. The molecule has 0 aromatic heterocycles. The topological polar surface area (TPSA) is 90.9 Å². The summed E-state index contributed by atoms with van der Waals surface area (Å²) in [4.78, 5) is 46.1. The van der Waals surface area contributed by atoms with Crippen LogP contribution >= 0.6 is 11.8 Å². The molecule has 35 heavy (non-hydrogen) atoms. The minimum atomic E-state index is -0.620. The quantitative estimate of drug-likeness (QED) is 0.570. The molecule has 4 aliphatic rings. The Morgan fingerprint density at radius 3 is 2.89 bits per heavy atom. The van der Waals surface area contributed by atoms with E-state index in [1.165, 1.54) is 0 Å². The number of thioether (sulfide) groups is 1. The smallest absolute Gasteiger partial charge is 0.250 e. The first kappa shape index (κ1) is 24.1. The summed E-state index contributed by atoms with van der Waals surface area (Å²) in [5.74, 6) is -0.188. The van der Waals surface area contributed by atoms with Crippen LogP contribution in [0, 0.1) is 5.92 Å². The highest BCUT2D eigenvalue weighted by Crippen LogP contribution is 2.39. The number of benzene rings is 1. The van der Waals surface area contributed by atoms with Crippen molar-refractivity contribution in [3.63, 3.8) is 0 Å². The lowest BCUT2D eigenvalue weighted by Crippen LogP contribution is -2.54. The van der Waals surface area contributed by atoms with Crippen LogP contribution in [0.3, 0.4) is 0 Å². The van der Waals surface area contributed by atoms with Gasteiger partial charge in [0.25, 0.3) is 0 Å². The van der Waals surface area contributed by atoms with E-state index >= 15 is 0 Å². The van der Waals surface area contributed by atoms with Gasteiger partial charge < -0.3 is 10.6 Å². The molecule has 5 unspecified atom stereocenters. The second-order valence-electron chi connectivity index (χ2n) is 10.1. The molecule has 0 saturated heterocycles. The number of para-hydroxylation sites is 1. The molecule has 0 saturated carbocycles. The lowest BCUT2D eigenvalue weighted by molar-refractivity contribution is -0.129. The normalized spacial score (nSPS) is 27.5. The molecule has 8 heteroatoms. The third-order valence-electron chi connectivity index (χ3n) is 7.60. The predicted octanol–water partition coefficient (Wildman–Crippen LogP) is 3.16. The molecule has 0 radical (unpaired) electrons. The molecular weight excluding hydrogens is 460 g/mol. The summed E-state index contributed by atoms with van der Waals surface area (Å²) in [6.07, 6.45) is 9.57. The van der Waals surface area contributed by atoms with Crippen molar-refractivity contribution in [2.45, 2.75) is 82.2 Å². The van der Waals surface area contributed by atoms with E-state index in [9.17, 15) is 14.4 Å². The number of allylic oxidation sites excluding steroid dienone is 1. The zero-order chi connectivity index (χ0) is 24.5. The van der Waals surface area contributed by atoms with E-state index in [1.807, 2.05) is 25.1 Å². The fraction of sp³-hybridized carbons (Fsp3) is 0.556. The Morgan fingerprint density at radius 2 is 2.09 bits per heavy atom. The molecule has 186 valence electrons. The maximum absolute atomic E-state index is 13.7. The molecule has 3 aliphatic heterocycles. The van der Waals surface area contributed by atoms with Crippen molar-refractivity contribution in [1.82, 2.24) is 10.6 Å². The van der Waals surface area contributed by atoms with Gasteiger partial charge >= 0.3 is 0 Å². The van der Waals surface area contributed by atoms with E-state index in [4.69, 9.17) is 4.99 Å². The van der Waals surface area contributed by atoms with Crippen LogP contribution in [0.1, 0.15) is 57.1 Å². The number of nitrogens with one attached hydrogen (secondary N) is 2. The van der Waals surface area contributed by atoms with Crippen LogP contribution in [0.2, 0.25) is 0 Å². The molecule has 0 fully saturated rings. The van der Waals surface area contributed by atoms with Gasteiger partial charge in [0.2, 0.25) is 17.7 Å². The summed E-state index contributed by atoms with van der Waals surface area (Å²) < 4.78 is 0. The number of carbonyl (C=O) groups excluding carboxylic acids is 3. The summed E-state index contributed by atoms with van der Waals surface area (Å²) in [5.41, 5.74) is 2.95. The number of nitrogens with zero attached hydrogens (tertiary/aromatic N) is 2. The number of rotatable bonds is 7. The Morgan fingerprint density at radius 1 is 1.26 bits per heavy atom. The summed E-state index contributed by atoms with van der Waals surface area (Å²) in [7, 11) is 0. The van der Waals surface area contributed by atoms with Gasteiger partial charge in [0, 0.05) is 18.1 Å². The van der Waals surface area contributed by atoms with Crippen molar-refractivity contribution in [2.75, 3.05) is 11.4 Å². The van der Waals surface area contributed by atoms with Crippen LogP contribution in [0.4, 0.5) is 5.69 Å². The van der Waals surface area contributed by atoms with Gasteiger partial charge in [-0.25, -0.2) is 0 Å². The average molecular weight is 495 g/mol. The predicted molar refractivity (Wildman–Crippen MR) is 140 cm³/mol. The van der Waals surface area contributed by atoms with Crippen molar-refractivity contribution in [1.29, 1.82) is 0 Å². The molecule has 0 bridgehead atoms. The first-order valence-electron chi connectivity index (χ1n) is 12.9. The van der Waals surface area contributed by atoms with Crippen molar-refractivity contribution < 1.29 is 14.4 Å². The van der Waals surface area contributed by atoms with Gasteiger partial charge in [-0.05, 0) is 42.7 Å². The molecule has 5 atom stereocenters. The van der Waals surface area contributed by atoms with Crippen molar-refractivity contribution in [3.05, 3.63) is 41.5 Å². The molecule has 0 spiro atoms. The molecule has 1 aromatic carbocycles. The summed E-state index contributed by atoms with van der Waals surface area (Å²) in [6, 6.07) is 5.01. The van der Waals surface area contributed by atoms with E-state index in [0.29, 0.717) is 37.5 Å². The summed E-state index contributed by atoms with van der Waals surface area (Å²) in [6.45, 7) is 4.48. The number of carbonyl (C=O) groups is 3. The van der Waals surface area contributed by atoms with Crippen molar-refractivity contribution in [3.8, 4) is 0 Å². The van der Waals surface area contributed by atoms with E-state index in [0.717, 1.165) is 41.1 Å². The van der Waals surface area contributed by atoms with Gasteiger partial charge in [-0.15, -0.1) is 11.8 Å². The number of hydrogen-bond donors (Lipinski definition) is 2. The highest BCUT2D eigenvalue weighted by molar-refractivity contribution is 8.14. The molecule has 5 rings (SSSR count). The third-order valence-corrected chi connectivity index (χ3v) is 8.94. The Bertz CT molecular complexity index is 1080. The number of anilines is 1. The van der Waals surface area contributed by atoms with Gasteiger partial charge in [-0.1, -0.05) is 50.6 Å². The number of amides is 3. The Labute approximate surface area is 211 Å². The minimum absolute atomic E-state index is 0.101. The number of hydrogen-bond acceptors (Lipinski definition) is 5. The Kier molecular flexibility index (Phi) is 7.00. The number of aryl methyl sites for hydroxylation is 1. The van der Waals surface area contributed by atoms with Crippen molar-refractivity contribution in [2.24, 2.45) is 10.9 Å². The second kappa shape index (κ2) is 10.2. The fourth-order valence-electron chi connectivity index (χ4n) is 5.47. The SMILES string of the molecule is CCC(C)CC(=O)NC1CCc2cccc3c2N(C1=O)C(C(=O)NCC1=NC2C=CCCC2S1)C3. The lowest BCUT2D eigenvalue weighted by Gasteiger charge is -2.28. The molecule has 2 N–H and O–H groups in total. The lowest BCUT2D eigenvalue weighted by atomic mass is 10.0. The van der Waals surface area contributed by atoms with Crippen LogP contribution in [0.5, 0.6) is 0 Å². The van der Waals surface area contributed by atoms with Crippen LogP contribution < -0.4 is 15.5 Å². The van der Waals surface area contributed by atoms with Gasteiger partial charge in [-0.3, -0.25) is 24.3 Å². The van der Waals surface area contributed by atoms with Gasteiger partial charge in [0.05, 0.1) is 23.3 Å². The van der Waals surface area contributed by atoms with Gasteiger partial charge in [-0.2, -0.15) is 0 Å². The molecule has 7 nitrogen and oxygen atoms in total. The molecule has 1 aliphatic carbocycles. The molecule has 3 heterocycles. The molecule has 3 amide bonds. The van der Waals surface area contributed by atoms with Gasteiger partial charge in [0.1, 0.15) is 12.1 Å². The fourth-order valence-corrected chi connectivity index (χ4v) is 6.71. The summed E-state index contributed by atoms with van der Waals surface area (Å²) in [5, 5.41) is 7.45. The van der Waals surface area contributed by atoms with Crippen LogP contribution in [-0.2, 0) is 27.2 Å². The zero-order valence-corrected chi connectivity index (χ0v) is 21.3. The monoisotopic (exact) mass is 494 g/mol. The Hall–Kier alpha value is -2.61. The highest BCUT2D eigenvalue weighted by atomic mass is 32.2. The van der Waals surface area contributed by atoms with Gasteiger partial charge in [0.15, 0.2) is 0 Å². The minimum Gasteiger partial charge on any atom is -0.348 e. The van der Waals surface area contributed by atoms with Crippen LogP contribution in [0.25, 0.3) is 0 Å². The first-order chi connectivity index (χ1) is 16.9. The third kappa shape index (κ3) is 4.90. The second-order valence-corrected chi connectivity index (χ2v) is 11.4. The van der Waals surface area contributed by atoms with E-state index in [-0.39, 0.29) is 29.7 Å².